The molecule has 82 valence electrons. The largest absolute Gasteiger partial charge is 0.394 e. The van der Waals surface area contributed by atoms with Gasteiger partial charge in [0, 0.05) is 5.75 Å². The molecule has 0 amide bonds. The number of ether oxygens (including phenoxy) is 2. The first-order valence-electron chi connectivity index (χ1n) is 4.79. The van der Waals surface area contributed by atoms with E-state index in [0.717, 1.165) is 5.75 Å². The molecule has 2 aliphatic rings. The fourth-order valence-electron chi connectivity index (χ4n) is 2.01. The molecule has 4 atom stereocenters. The van der Waals surface area contributed by atoms with E-state index in [0.29, 0.717) is 0 Å². The molecular formula is C9H16O4S. The van der Waals surface area contributed by atoms with E-state index in [1.54, 1.807) is 11.8 Å². The average molecular weight is 220 g/mol. The summed E-state index contributed by atoms with van der Waals surface area (Å²) in [6.45, 7) is 3.53. The summed E-state index contributed by atoms with van der Waals surface area (Å²) in [5.74, 6) is 0.277. The van der Waals surface area contributed by atoms with E-state index in [-0.39, 0.29) is 24.1 Å². The molecule has 2 saturated heterocycles. The molecule has 0 unspecified atom stereocenters. The predicted molar refractivity (Wildman–Crippen MR) is 53.2 cm³/mol. The van der Waals surface area contributed by atoms with Crippen LogP contribution in [-0.4, -0.2) is 51.9 Å². The second-order valence-corrected chi connectivity index (χ2v) is 5.40. The highest BCUT2D eigenvalue weighted by molar-refractivity contribution is 8.00. The molecule has 0 radical (unpaired) electrons. The summed E-state index contributed by atoms with van der Waals surface area (Å²) in [7, 11) is 0. The zero-order valence-electron chi connectivity index (χ0n) is 8.34. The number of aliphatic hydroxyl groups excluding tert-OH is 2. The third kappa shape index (κ3) is 1.79. The highest BCUT2D eigenvalue weighted by Crippen LogP contribution is 2.42. The summed E-state index contributed by atoms with van der Waals surface area (Å²) in [5, 5.41) is 18.4. The van der Waals surface area contributed by atoms with Crippen LogP contribution in [0.15, 0.2) is 0 Å². The van der Waals surface area contributed by atoms with Gasteiger partial charge in [0.1, 0.15) is 6.10 Å². The third-order valence-corrected chi connectivity index (χ3v) is 4.05. The summed E-state index contributed by atoms with van der Waals surface area (Å²) in [4.78, 5) is 0. The summed E-state index contributed by atoms with van der Waals surface area (Å²) in [6.07, 6.45) is -0.745. The Bertz CT molecular complexity index is 221. The van der Waals surface area contributed by atoms with Crippen molar-refractivity contribution < 1.29 is 19.7 Å². The molecule has 0 aromatic rings. The zero-order chi connectivity index (χ0) is 10.3. The van der Waals surface area contributed by atoms with Crippen LogP contribution < -0.4 is 0 Å². The normalized spacial score (nSPS) is 42.4. The summed E-state index contributed by atoms with van der Waals surface area (Å²) in [5.41, 5.74) is 0. The first-order valence-corrected chi connectivity index (χ1v) is 5.84. The van der Waals surface area contributed by atoms with Crippen LogP contribution in [0.5, 0.6) is 0 Å². The number of hydrogen-bond donors (Lipinski definition) is 2. The number of aliphatic hydroxyl groups is 2. The van der Waals surface area contributed by atoms with Gasteiger partial charge in [0.15, 0.2) is 5.79 Å². The van der Waals surface area contributed by atoms with Crippen molar-refractivity contribution in [3.8, 4) is 0 Å². The lowest BCUT2D eigenvalue weighted by Gasteiger charge is -2.23. The monoisotopic (exact) mass is 220 g/mol. The zero-order valence-corrected chi connectivity index (χ0v) is 9.16. The van der Waals surface area contributed by atoms with E-state index >= 15 is 0 Å². The fourth-order valence-corrected chi connectivity index (χ4v) is 3.40. The quantitative estimate of drug-likeness (QED) is 0.684. The van der Waals surface area contributed by atoms with Gasteiger partial charge in [-0.25, -0.2) is 0 Å². The molecule has 2 aliphatic heterocycles. The molecule has 0 bridgehead atoms. The van der Waals surface area contributed by atoms with Gasteiger partial charge in [-0.3, -0.25) is 0 Å². The molecule has 2 fully saturated rings. The number of thioether (sulfide) groups is 1. The third-order valence-electron chi connectivity index (χ3n) is 2.56. The van der Waals surface area contributed by atoms with E-state index in [4.69, 9.17) is 14.6 Å². The minimum atomic E-state index is -0.715. The highest BCUT2D eigenvalue weighted by Gasteiger charge is 2.51. The lowest BCUT2D eigenvalue weighted by atomic mass is 10.1. The van der Waals surface area contributed by atoms with Gasteiger partial charge in [0.25, 0.3) is 0 Å². The van der Waals surface area contributed by atoms with Crippen molar-refractivity contribution in [2.75, 3.05) is 12.4 Å². The maximum absolute atomic E-state index is 9.57. The molecular weight excluding hydrogens is 204 g/mol. The van der Waals surface area contributed by atoms with Crippen molar-refractivity contribution >= 4 is 11.8 Å². The Morgan fingerprint density at radius 1 is 1.50 bits per heavy atom. The first-order chi connectivity index (χ1) is 6.53. The molecule has 2 N–H and O–H groups in total. The van der Waals surface area contributed by atoms with Crippen LogP contribution >= 0.6 is 11.8 Å². The van der Waals surface area contributed by atoms with Crippen LogP contribution in [-0.2, 0) is 9.47 Å². The second kappa shape index (κ2) is 3.64. The van der Waals surface area contributed by atoms with Gasteiger partial charge in [-0.2, -0.15) is 11.8 Å². The van der Waals surface area contributed by atoms with Gasteiger partial charge < -0.3 is 19.7 Å². The first kappa shape index (κ1) is 10.7. The van der Waals surface area contributed by atoms with E-state index < -0.39 is 11.9 Å². The van der Waals surface area contributed by atoms with Crippen LogP contribution in [0.3, 0.4) is 0 Å². The van der Waals surface area contributed by atoms with Gasteiger partial charge in [-0.1, -0.05) is 0 Å². The second-order valence-electron chi connectivity index (χ2n) is 4.19. The molecule has 5 heteroatoms. The maximum atomic E-state index is 9.57. The number of fused-ring (bicyclic) bond motifs is 1. The van der Waals surface area contributed by atoms with Crippen LogP contribution in [0.1, 0.15) is 13.8 Å². The molecule has 2 rings (SSSR count). The Balaban J connectivity index is 2.04. The van der Waals surface area contributed by atoms with Crippen LogP contribution in [0.25, 0.3) is 0 Å². The molecule has 4 nitrogen and oxygen atoms in total. The Kier molecular flexibility index (Phi) is 2.79. The summed E-state index contributed by atoms with van der Waals surface area (Å²) >= 11 is 1.61. The van der Waals surface area contributed by atoms with Gasteiger partial charge in [-0.15, -0.1) is 0 Å². The smallest absolute Gasteiger partial charge is 0.163 e. The minimum Gasteiger partial charge on any atom is -0.394 e. The Labute approximate surface area is 87.6 Å². The van der Waals surface area contributed by atoms with E-state index in [1.165, 1.54) is 0 Å². The Hall–Kier alpha value is 0.190. The maximum Gasteiger partial charge on any atom is 0.163 e. The topological polar surface area (TPSA) is 58.9 Å². The number of hydrogen-bond acceptors (Lipinski definition) is 5. The molecule has 0 aromatic heterocycles. The van der Waals surface area contributed by atoms with Crippen molar-refractivity contribution in [2.45, 2.75) is 43.2 Å². The molecule has 14 heavy (non-hydrogen) atoms. The van der Waals surface area contributed by atoms with Crippen molar-refractivity contribution in [2.24, 2.45) is 0 Å². The van der Waals surface area contributed by atoms with Gasteiger partial charge in [-0.05, 0) is 13.8 Å². The molecule has 0 saturated carbocycles. The molecule has 0 spiro atoms. The molecule has 2 heterocycles. The summed E-state index contributed by atoms with van der Waals surface area (Å²) < 4.78 is 11.4. The molecule has 0 aliphatic carbocycles. The minimum absolute atomic E-state index is 0.0567. The number of rotatable bonds is 2. The van der Waals surface area contributed by atoms with Gasteiger partial charge >= 0.3 is 0 Å². The van der Waals surface area contributed by atoms with Crippen molar-refractivity contribution in [1.29, 1.82) is 0 Å². The average Bonchev–Trinajstić information content (AvgIpc) is 2.58. The van der Waals surface area contributed by atoms with Crippen molar-refractivity contribution in [3.05, 3.63) is 0 Å². The highest BCUT2D eigenvalue weighted by atomic mass is 32.2. The van der Waals surface area contributed by atoms with E-state index in [9.17, 15) is 5.11 Å². The van der Waals surface area contributed by atoms with Gasteiger partial charge in [0.2, 0.25) is 0 Å². The van der Waals surface area contributed by atoms with Crippen molar-refractivity contribution in [1.82, 2.24) is 0 Å². The summed E-state index contributed by atoms with van der Waals surface area (Å²) in [6, 6.07) is 0. The van der Waals surface area contributed by atoms with Gasteiger partial charge in [0.05, 0.1) is 24.1 Å². The van der Waals surface area contributed by atoms with Crippen LogP contribution in [0.2, 0.25) is 0 Å². The van der Waals surface area contributed by atoms with E-state index in [1.807, 2.05) is 13.8 Å². The lowest BCUT2D eigenvalue weighted by molar-refractivity contribution is -0.147. The van der Waals surface area contributed by atoms with Crippen molar-refractivity contribution in [3.63, 3.8) is 0 Å². The Morgan fingerprint density at radius 2 is 2.21 bits per heavy atom. The standard InChI is InChI=1S/C9H16O4S/c1-9(2)12-6-4-14-8(5(11)3-10)7(6)13-9/h5-8,10-11H,3-4H2,1-2H3/t5-,6+,7+,8-/m0/s1. The predicted octanol–water partition coefficient (Wildman–Crippen LogP) is -0.0249. The SMILES string of the molecule is CC1(C)O[C@H]2[C@H]([C@@H](O)CO)SC[C@H]2O1. The fraction of sp³-hybridized carbons (Fsp3) is 1.00. The lowest BCUT2D eigenvalue weighted by Crippen LogP contribution is -2.38. The van der Waals surface area contributed by atoms with Crippen LogP contribution in [0, 0.1) is 0 Å². The molecule has 0 aromatic carbocycles. The Morgan fingerprint density at radius 3 is 2.86 bits per heavy atom. The van der Waals surface area contributed by atoms with Crippen LogP contribution in [0.4, 0.5) is 0 Å². The van der Waals surface area contributed by atoms with E-state index in [2.05, 4.69) is 0 Å².